The van der Waals surface area contributed by atoms with Gasteiger partial charge in [-0.25, -0.2) is 0 Å². The van der Waals surface area contributed by atoms with Gasteiger partial charge in [-0.3, -0.25) is 9.97 Å². The van der Waals surface area contributed by atoms with Gasteiger partial charge in [-0.2, -0.15) is 0 Å². The highest BCUT2D eigenvalue weighted by Gasteiger charge is 2.19. The van der Waals surface area contributed by atoms with Crippen LogP contribution in [0.4, 0.5) is 0 Å². The van der Waals surface area contributed by atoms with Crippen molar-refractivity contribution >= 4 is 43.1 Å². The highest BCUT2D eigenvalue weighted by atomic mass is 14.7. The number of rotatable bonds is 4. The third-order valence-corrected chi connectivity index (χ3v) is 9.18. The average molecular weight is 585 g/mol. The molecule has 46 heavy (non-hydrogen) atoms. The first-order chi connectivity index (χ1) is 22.8. The van der Waals surface area contributed by atoms with Gasteiger partial charge < -0.3 is 0 Å². The Morgan fingerprint density at radius 2 is 1.00 bits per heavy atom. The quantitative estimate of drug-likeness (QED) is 0.152. The minimum Gasteiger partial charge on any atom is -0.264 e. The van der Waals surface area contributed by atoms with Crippen LogP contribution in [0.2, 0.25) is 0 Å². The molecule has 0 saturated carbocycles. The molecule has 0 atom stereocenters. The molecule has 0 bridgehead atoms. The topological polar surface area (TPSA) is 25.8 Å². The lowest BCUT2D eigenvalue weighted by Crippen LogP contribution is -1.93. The van der Waals surface area contributed by atoms with Gasteiger partial charge in [0.2, 0.25) is 0 Å². The van der Waals surface area contributed by atoms with Crippen LogP contribution in [-0.2, 0) is 0 Å². The molecule has 9 aromatic rings. The second kappa shape index (κ2) is 10.8. The molecule has 2 heterocycles. The van der Waals surface area contributed by atoms with Crippen molar-refractivity contribution in [1.29, 1.82) is 0 Å². The highest BCUT2D eigenvalue weighted by Crippen LogP contribution is 2.47. The fourth-order valence-electron chi connectivity index (χ4n) is 7.07. The zero-order valence-electron chi connectivity index (χ0n) is 25.1. The molecule has 2 heteroatoms. The van der Waals surface area contributed by atoms with Gasteiger partial charge in [0, 0.05) is 29.7 Å². The summed E-state index contributed by atoms with van der Waals surface area (Å²) in [6.07, 6.45) is 5.62. The first-order valence-corrected chi connectivity index (χ1v) is 15.6. The molecular weight excluding hydrogens is 556 g/mol. The summed E-state index contributed by atoms with van der Waals surface area (Å²) >= 11 is 0. The van der Waals surface area contributed by atoms with E-state index in [1.165, 1.54) is 65.3 Å². The summed E-state index contributed by atoms with van der Waals surface area (Å²) in [6, 6.07) is 54.8. The SMILES string of the molecule is c1ccc(-c2c3ccccc3c(-c3cc4ccccc4c4ccccc34)c3cc(-c4ccc(-c5cccnc5)nc4)ccc23)cc1. The predicted octanol–water partition coefficient (Wildman–Crippen LogP) is 11.8. The summed E-state index contributed by atoms with van der Waals surface area (Å²) in [5, 5.41) is 10.0. The maximum atomic E-state index is 4.84. The first kappa shape index (κ1) is 26.3. The van der Waals surface area contributed by atoms with Crippen molar-refractivity contribution in [2.45, 2.75) is 0 Å². The minimum atomic E-state index is 0.915. The molecule has 9 rings (SSSR count). The van der Waals surface area contributed by atoms with E-state index in [1.807, 2.05) is 24.5 Å². The average Bonchev–Trinajstić information content (AvgIpc) is 3.14. The molecule has 0 aliphatic heterocycles. The zero-order valence-corrected chi connectivity index (χ0v) is 25.1. The van der Waals surface area contributed by atoms with Crippen LogP contribution in [0.15, 0.2) is 170 Å². The molecule has 2 aromatic heterocycles. The lowest BCUT2D eigenvalue weighted by atomic mass is 9.83. The number of hydrogen-bond donors (Lipinski definition) is 0. The molecule has 0 spiro atoms. The fourth-order valence-corrected chi connectivity index (χ4v) is 7.07. The van der Waals surface area contributed by atoms with Crippen LogP contribution in [0.3, 0.4) is 0 Å². The van der Waals surface area contributed by atoms with E-state index in [4.69, 9.17) is 4.98 Å². The third-order valence-electron chi connectivity index (χ3n) is 9.18. The maximum Gasteiger partial charge on any atom is 0.0717 e. The Morgan fingerprint density at radius 1 is 0.348 bits per heavy atom. The van der Waals surface area contributed by atoms with Crippen LogP contribution >= 0.6 is 0 Å². The van der Waals surface area contributed by atoms with E-state index >= 15 is 0 Å². The Hall–Kier alpha value is -6.12. The lowest BCUT2D eigenvalue weighted by molar-refractivity contribution is 1.28. The van der Waals surface area contributed by atoms with Gasteiger partial charge in [0.25, 0.3) is 0 Å². The summed E-state index contributed by atoms with van der Waals surface area (Å²) in [5.41, 5.74) is 9.13. The van der Waals surface area contributed by atoms with Gasteiger partial charge in [-0.05, 0) is 101 Å². The number of benzene rings is 7. The molecule has 0 saturated heterocycles. The number of nitrogens with zero attached hydrogens (tertiary/aromatic N) is 2. The minimum absolute atomic E-state index is 0.915. The van der Waals surface area contributed by atoms with E-state index in [1.54, 1.807) is 6.20 Å². The molecular formula is C44H28N2. The molecule has 0 amide bonds. The summed E-state index contributed by atoms with van der Waals surface area (Å²) in [5.74, 6) is 0. The number of fused-ring (bicyclic) bond motifs is 5. The van der Waals surface area contributed by atoms with Gasteiger partial charge in [0.15, 0.2) is 0 Å². The van der Waals surface area contributed by atoms with Crippen molar-refractivity contribution in [1.82, 2.24) is 9.97 Å². The van der Waals surface area contributed by atoms with Crippen molar-refractivity contribution in [3.05, 3.63) is 170 Å². The van der Waals surface area contributed by atoms with E-state index in [-0.39, 0.29) is 0 Å². The van der Waals surface area contributed by atoms with Crippen molar-refractivity contribution in [2.24, 2.45) is 0 Å². The molecule has 2 nitrogen and oxygen atoms in total. The Kier molecular flexibility index (Phi) is 6.17. The predicted molar refractivity (Wildman–Crippen MR) is 194 cm³/mol. The Morgan fingerprint density at radius 3 is 1.76 bits per heavy atom. The summed E-state index contributed by atoms with van der Waals surface area (Å²) in [6.45, 7) is 0. The maximum absolute atomic E-state index is 4.84. The second-order valence-electron chi connectivity index (χ2n) is 11.8. The van der Waals surface area contributed by atoms with E-state index in [0.29, 0.717) is 0 Å². The Balaban J connectivity index is 1.38. The highest BCUT2D eigenvalue weighted by molar-refractivity contribution is 6.26. The molecule has 0 radical (unpaired) electrons. The van der Waals surface area contributed by atoms with Crippen molar-refractivity contribution in [3.63, 3.8) is 0 Å². The summed E-state index contributed by atoms with van der Waals surface area (Å²) in [7, 11) is 0. The van der Waals surface area contributed by atoms with Crippen LogP contribution in [0.25, 0.3) is 87.7 Å². The first-order valence-electron chi connectivity index (χ1n) is 15.6. The number of hydrogen-bond acceptors (Lipinski definition) is 2. The third kappa shape index (κ3) is 4.27. The van der Waals surface area contributed by atoms with Crippen molar-refractivity contribution < 1.29 is 0 Å². The summed E-state index contributed by atoms with van der Waals surface area (Å²) < 4.78 is 0. The van der Waals surface area contributed by atoms with E-state index in [9.17, 15) is 0 Å². The normalized spacial score (nSPS) is 11.5. The fraction of sp³-hybridized carbons (Fsp3) is 0. The molecule has 7 aromatic carbocycles. The lowest BCUT2D eigenvalue weighted by Gasteiger charge is -2.20. The van der Waals surface area contributed by atoms with Gasteiger partial charge >= 0.3 is 0 Å². The van der Waals surface area contributed by atoms with Crippen molar-refractivity contribution in [3.8, 4) is 44.6 Å². The largest absolute Gasteiger partial charge is 0.264 e. The van der Waals surface area contributed by atoms with E-state index in [2.05, 4.69) is 145 Å². The Labute approximate surface area is 267 Å². The van der Waals surface area contributed by atoms with Crippen LogP contribution in [0.1, 0.15) is 0 Å². The van der Waals surface area contributed by atoms with Gasteiger partial charge in [-0.1, -0.05) is 121 Å². The van der Waals surface area contributed by atoms with E-state index < -0.39 is 0 Å². The Bertz CT molecular complexity index is 2550. The van der Waals surface area contributed by atoms with Gasteiger partial charge in [0.1, 0.15) is 0 Å². The second-order valence-corrected chi connectivity index (χ2v) is 11.8. The molecule has 0 unspecified atom stereocenters. The smallest absolute Gasteiger partial charge is 0.0717 e. The molecule has 0 aliphatic rings. The standard InChI is InChI=1S/C44H28N2/c1-2-11-29(12-3-1)43-37-18-8-9-19-38(37)44(40-26-31-13-4-5-15-34(31)35-16-6-7-17-36(35)40)41-25-30(20-22-39(41)43)32-21-23-42(46-28-32)33-14-10-24-45-27-33/h1-28H. The van der Waals surface area contributed by atoms with Crippen molar-refractivity contribution in [2.75, 3.05) is 0 Å². The summed E-state index contributed by atoms with van der Waals surface area (Å²) in [4.78, 5) is 9.11. The molecule has 0 fully saturated rings. The molecule has 214 valence electrons. The molecule has 0 aliphatic carbocycles. The van der Waals surface area contributed by atoms with Gasteiger partial charge in [-0.15, -0.1) is 0 Å². The van der Waals surface area contributed by atoms with Gasteiger partial charge in [0.05, 0.1) is 5.69 Å². The monoisotopic (exact) mass is 584 g/mol. The van der Waals surface area contributed by atoms with Crippen LogP contribution in [0.5, 0.6) is 0 Å². The van der Waals surface area contributed by atoms with Crippen LogP contribution in [-0.4, -0.2) is 9.97 Å². The molecule has 0 N–H and O–H groups in total. The zero-order chi connectivity index (χ0) is 30.5. The number of aromatic nitrogens is 2. The van der Waals surface area contributed by atoms with E-state index in [0.717, 1.165) is 22.4 Å². The number of pyridine rings is 2. The van der Waals surface area contributed by atoms with Crippen LogP contribution < -0.4 is 0 Å². The van der Waals surface area contributed by atoms with Crippen LogP contribution in [0, 0.1) is 0 Å².